The minimum Gasteiger partial charge on any atom is -0.392 e. The van der Waals surface area contributed by atoms with Gasteiger partial charge in [-0.15, -0.1) is 11.3 Å². The summed E-state index contributed by atoms with van der Waals surface area (Å²) in [5.41, 5.74) is 1.12. The molecule has 1 saturated heterocycles. The molecule has 1 aromatic rings. The molecule has 5 heteroatoms. The van der Waals surface area contributed by atoms with Crippen LogP contribution in [0, 0.1) is 6.92 Å². The van der Waals surface area contributed by atoms with Crippen molar-refractivity contribution < 1.29 is 5.11 Å². The first-order chi connectivity index (χ1) is 9.72. The minimum atomic E-state index is -0.136. The smallest absolute Gasteiger partial charge is 0.185 e. The Morgan fingerprint density at radius 3 is 2.65 bits per heavy atom. The molecule has 3 rings (SSSR count). The van der Waals surface area contributed by atoms with E-state index in [2.05, 4.69) is 27.5 Å². The monoisotopic (exact) mass is 295 g/mol. The highest BCUT2D eigenvalue weighted by Crippen LogP contribution is 2.25. The standard InChI is InChI=1S/C15H25N3OS/c1-11-10-20-15(16-11)18-8-6-12(7-9-18)17-13-4-2-3-5-14(13)19/h10,12-14,17,19H,2-9H2,1H3. The molecule has 0 radical (unpaired) electrons. The van der Waals surface area contributed by atoms with Gasteiger partial charge in [0.25, 0.3) is 0 Å². The van der Waals surface area contributed by atoms with E-state index < -0.39 is 0 Å². The van der Waals surface area contributed by atoms with Crippen LogP contribution in [-0.2, 0) is 0 Å². The average Bonchev–Trinajstić information content (AvgIpc) is 2.89. The Morgan fingerprint density at radius 2 is 2.00 bits per heavy atom. The third-order valence-corrected chi connectivity index (χ3v) is 5.57. The number of nitrogens with one attached hydrogen (secondary N) is 1. The summed E-state index contributed by atoms with van der Waals surface area (Å²) in [5.74, 6) is 0. The molecule has 0 amide bonds. The van der Waals surface area contributed by atoms with Crippen molar-refractivity contribution in [2.24, 2.45) is 0 Å². The highest BCUT2D eigenvalue weighted by Gasteiger charge is 2.27. The molecule has 2 heterocycles. The molecule has 2 unspecified atom stereocenters. The number of aryl methyl sites for hydroxylation is 1. The lowest BCUT2D eigenvalue weighted by Crippen LogP contribution is -2.51. The molecule has 0 spiro atoms. The van der Waals surface area contributed by atoms with Gasteiger partial charge in [0, 0.05) is 30.6 Å². The first-order valence-corrected chi connectivity index (χ1v) is 8.71. The molecule has 4 nitrogen and oxygen atoms in total. The normalized spacial score (nSPS) is 28.8. The Morgan fingerprint density at radius 1 is 1.25 bits per heavy atom. The van der Waals surface area contributed by atoms with Crippen LogP contribution >= 0.6 is 11.3 Å². The molecule has 1 aliphatic heterocycles. The lowest BCUT2D eigenvalue weighted by molar-refractivity contribution is 0.0828. The molecule has 2 N–H and O–H groups in total. The molecule has 2 atom stereocenters. The SMILES string of the molecule is Cc1csc(N2CCC(NC3CCCCC3O)CC2)n1. The Balaban J connectivity index is 1.48. The van der Waals surface area contributed by atoms with E-state index in [1.807, 2.05) is 0 Å². The summed E-state index contributed by atoms with van der Waals surface area (Å²) >= 11 is 1.75. The van der Waals surface area contributed by atoms with Crippen molar-refractivity contribution in [3.05, 3.63) is 11.1 Å². The molecule has 0 bridgehead atoms. The van der Waals surface area contributed by atoms with Crippen molar-refractivity contribution in [3.63, 3.8) is 0 Å². The topological polar surface area (TPSA) is 48.4 Å². The number of thiazole rings is 1. The molecular weight excluding hydrogens is 270 g/mol. The van der Waals surface area contributed by atoms with Crippen molar-refractivity contribution in [2.75, 3.05) is 18.0 Å². The first kappa shape index (κ1) is 14.3. The summed E-state index contributed by atoms with van der Waals surface area (Å²) in [7, 11) is 0. The van der Waals surface area contributed by atoms with E-state index in [-0.39, 0.29) is 6.10 Å². The number of aromatic nitrogens is 1. The Hall–Kier alpha value is -0.650. The molecule has 1 aromatic heterocycles. The number of aliphatic hydroxyl groups excluding tert-OH is 1. The second kappa shape index (κ2) is 6.41. The number of hydrogen-bond donors (Lipinski definition) is 2. The van der Waals surface area contributed by atoms with Gasteiger partial charge in [-0.25, -0.2) is 4.98 Å². The van der Waals surface area contributed by atoms with Crippen LogP contribution in [0.2, 0.25) is 0 Å². The first-order valence-electron chi connectivity index (χ1n) is 7.83. The minimum absolute atomic E-state index is 0.136. The number of hydrogen-bond acceptors (Lipinski definition) is 5. The molecule has 112 valence electrons. The van der Waals surface area contributed by atoms with Crippen molar-refractivity contribution in [1.29, 1.82) is 0 Å². The molecule has 2 fully saturated rings. The lowest BCUT2D eigenvalue weighted by Gasteiger charge is -2.37. The van der Waals surface area contributed by atoms with E-state index in [1.165, 1.54) is 18.0 Å². The van der Waals surface area contributed by atoms with Crippen LogP contribution in [-0.4, -0.2) is 41.4 Å². The Labute approximate surface area is 125 Å². The maximum absolute atomic E-state index is 10.1. The molecule has 1 aliphatic carbocycles. The molecule has 2 aliphatic rings. The van der Waals surface area contributed by atoms with Crippen LogP contribution in [0.5, 0.6) is 0 Å². The number of piperidine rings is 1. The van der Waals surface area contributed by atoms with Gasteiger partial charge >= 0.3 is 0 Å². The van der Waals surface area contributed by atoms with Crippen LogP contribution in [0.1, 0.15) is 44.2 Å². The highest BCUT2D eigenvalue weighted by atomic mass is 32.1. The van der Waals surface area contributed by atoms with E-state index in [9.17, 15) is 5.11 Å². The van der Waals surface area contributed by atoms with E-state index in [4.69, 9.17) is 0 Å². The Kier molecular flexibility index (Phi) is 4.58. The van der Waals surface area contributed by atoms with E-state index in [0.717, 1.165) is 44.5 Å². The largest absolute Gasteiger partial charge is 0.392 e. The zero-order valence-electron chi connectivity index (χ0n) is 12.2. The third-order valence-electron chi connectivity index (χ3n) is 4.55. The van der Waals surface area contributed by atoms with Crippen molar-refractivity contribution in [1.82, 2.24) is 10.3 Å². The zero-order chi connectivity index (χ0) is 13.9. The van der Waals surface area contributed by atoms with Crippen LogP contribution in [0.4, 0.5) is 5.13 Å². The fourth-order valence-electron chi connectivity index (χ4n) is 3.33. The molecule has 20 heavy (non-hydrogen) atoms. The summed E-state index contributed by atoms with van der Waals surface area (Å²) in [6.45, 7) is 4.21. The molecule has 0 aromatic carbocycles. The van der Waals surface area contributed by atoms with E-state index >= 15 is 0 Å². The van der Waals surface area contributed by atoms with Crippen molar-refractivity contribution >= 4 is 16.5 Å². The highest BCUT2D eigenvalue weighted by molar-refractivity contribution is 7.13. The van der Waals surface area contributed by atoms with Crippen LogP contribution < -0.4 is 10.2 Å². The summed E-state index contributed by atoms with van der Waals surface area (Å²) in [5, 5.41) is 17.0. The van der Waals surface area contributed by atoms with Gasteiger partial charge in [0.15, 0.2) is 5.13 Å². The number of nitrogens with zero attached hydrogens (tertiary/aromatic N) is 2. The third kappa shape index (κ3) is 3.32. The summed E-state index contributed by atoms with van der Waals surface area (Å²) in [6, 6.07) is 0.882. The zero-order valence-corrected chi connectivity index (χ0v) is 13.0. The Bertz CT molecular complexity index is 429. The van der Waals surface area contributed by atoms with Crippen LogP contribution in [0.25, 0.3) is 0 Å². The molecule has 1 saturated carbocycles. The van der Waals surface area contributed by atoms with Gasteiger partial charge in [-0.1, -0.05) is 12.8 Å². The lowest BCUT2D eigenvalue weighted by atomic mass is 9.91. The van der Waals surface area contributed by atoms with E-state index in [0.29, 0.717) is 12.1 Å². The van der Waals surface area contributed by atoms with Crippen molar-refractivity contribution in [2.45, 2.75) is 63.6 Å². The number of anilines is 1. The van der Waals surface area contributed by atoms with Crippen LogP contribution in [0.3, 0.4) is 0 Å². The van der Waals surface area contributed by atoms with Gasteiger partial charge in [-0.05, 0) is 32.6 Å². The number of rotatable bonds is 3. The maximum Gasteiger partial charge on any atom is 0.185 e. The predicted molar refractivity (Wildman–Crippen MR) is 83.5 cm³/mol. The second-order valence-electron chi connectivity index (χ2n) is 6.16. The summed E-state index contributed by atoms with van der Waals surface area (Å²) in [6.07, 6.45) is 6.71. The second-order valence-corrected chi connectivity index (χ2v) is 6.99. The summed E-state index contributed by atoms with van der Waals surface area (Å²) in [4.78, 5) is 6.97. The van der Waals surface area contributed by atoms with Gasteiger partial charge in [0.05, 0.1) is 11.8 Å². The molecular formula is C15H25N3OS. The van der Waals surface area contributed by atoms with Gasteiger partial charge in [0.1, 0.15) is 0 Å². The maximum atomic E-state index is 10.1. The van der Waals surface area contributed by atoms with Gasteiger partial charge in [-0.2, -0.15) is 0 Å². The fourth-order valence-corrected chi connectivity index (χ4v) is 4.19. The van der Waals surface area contributed by atoms with Crippen molar-refractivity contribution in [3.8, 4) is 0 Å². The fraction of sp³-hybridized carbons (Fsp3) is 0.800. The number of aliphatic hydroxyl groups is 1. The van der Waals surface area contributed by atoms with Crippen LogP contribution in [0.15, 0.2) is 5.38 Å². The summed E-state index contributed by atoms with van der Waals surface area (Å²) < 4.78 is 0. The van der Waals surface area contributed by atoms with E-state index in [1.54, 1.807) is 11.3 Å². The van der Waals surface area contributed by atoms with Gasteiger partial charge in [0.2, 0.25) is 0 Å². The predicted octanol–water partition coefficient (Wildman–Crippen LogP) is 2.31. The quantitative estimate of drug-likeness (QED) is 0.898. The van der Waals surface area contributed by atoms with Gasteiger partial charge < -0.3 is 15.3 Å². The average molecular weight is 295 g/mol. The van der Waals surface area contributed by atoms with Gasteiger partial charge in [-0.3, -0.25) is 0 Å².